The summed E-state index contributed by atoms with van der Waals surface area (Å²) < 4.78 is 5.88. The van der Waals surface area contributed by atoms with Crippen molar-refractivity contribution in [3.05, 3.63) is 35.7 Å². The number of amides is 1. The van der Waals surface area contributed by atoms with Crippen LogP contribution in [0.25, 0.3) is 11.5 Å². The first-order valence-corrected chi connectivity index (χ1v) is 8.09. The van der Waals surface area contributed by atoms with E-state index in [1.807, 2.05) is 31.2 Å². The molecule has 6 nitrogen and oxygen atoms in total. The summed E-state index contributed by atoms with van der Waals surface area (Å²) in [5.41, 5.74) is 7.54. The quantitative estimate of drug-likeness (QED) is 0.877. The van der Waals surface area contributed by atoms with Crippen LogP contribution in [0.4, 0.5) is 0 Å². The minimum Gasteiger partial charge on any atom is -0.415 e. The van der Waals surface area contributed by atoms with E-state index >= 15 is 0 Å². The summed E-state index contributed by atoms with van der Waals surface area (Å²) in [6.45, 7) is 5.82. The van der Waals surface area contributed by atoms with Crippen molar-refractivity contribution in [1.82, 2.24) is 10.2 Å². The molecule has 23 heavy (non-hydrogen) atoms. The summed E-state index contributed by atoms with van der Waals surface area (Å²) in [4.78, 5) is 12.7. The van der Waals surface area contributed by atoms with Crippen LogP contribution in [0.1, 0.15) is 37.3 Å². The maximum Gasteiger partial charge on any atom is 0.274 e. The Balaban J connectivity index is 1.76. The molecular formula is C17H23N4O2+. The van der Waals surface area contributed by atoms with Crippen LogP contribution < -0.4 is 10.6 Å². The van der Waals surface area contributed by atoms with Gasteiger partial charge in [-0.3, -0.25) is 4.79 Å². The minimum absolute atomic E-state index is 0.0552. The van der Waals surface area contributed by atoms with Crippen molar-refractivity contribution >= 4 is 5.91 Å². The number of benzene rings is 1. The number of hydrogen-bond acceptors (Lipinski definition) is 4. The molecule has 6 heteroatoms. The number of primary amides is 1. The number of hydrogen-bond donors (Lipinski definition) is 2. The molecule has 2 aromatic rings. The molecule has 1 fully saturated rings. The minimum atomic E-state index is -0.208. The van der Waals surface area contributed by atoms with Gasteiger partial charge in [0, 0.05) is 5.56 Å². The number of carbonyl (C=O) groups is 1. The fraction of sp³-hybridized carbons (Fsp3) is 0.471. The molecule has 3 N–H and O–H groups in total. The molecule has 3 rings (SSSR count). The van der Waals surface area contributed by atoms with Gasteiger partial charge in [0.1, 0.15) is 0 Å². The van der Waals surface area contributed by atoms with Gasteiger partial charge >= 0.3 is 0 Å². The van der Waals surface area contributed by atoms with Crippen molar-refractivity contribution in [3.8, 4) is 11.5 Å². The third-order valence-corrected chi connectivity index (χ3v) is 4.65. The van der Waals surface area contributed by atoms with Crippen LogP contribution >= 0.6 is 0 Å². The highest BCUT2D eigenvalue weighted by molar-refractivity contribution is 5.76. The second kappa shape index (κ2) is 6.50. The van der Waals surface area contributed by atoms with Gasteiger partial charge in [-0.1, -0.05) is 17.7 Å². The SMILES string of the molecule is Cc1cccc(-c2nnc([C@H](C)[NH+]3CCC[C@H](C(N)=O)C3)o2)c1. The zero-order valence-corrected chi connectivity index (χ0v) is 13.6. The average molecular weight is 315 g/mol. The lowest BCUT2D eigenvalue weighted by Crippen LogP contribution is -3.13. The van der Waals surface area contributed by atoms with Gasteiger partial charge < -0.3 is 15.1 Å². The number of nitrogens with two attached hydrogens (primary N) is 1. The lowest BCUT2D eigenvalue weighted by molar-refractivity contribution is -0.938. The van der Waals surface area contributed by atoms with Crippen LogP contribution in [-0.2, 0) is 4.79 Å². The number of nitrogens with one attached hydrogen (secondary N) is 1. The van der Waals surface area contributed by atoms with Crippen molar-refractivity contribution in [2.24, 2.45) is 11.7 Å². The molecule has 2 heterocycles. The molecule has 1 aromatic carbocycles. The van der Waals surface area contributed by atoms with E-state index in [1.165, 1.54) is 4.90 Å². The van der Waals surface area contributed by atoms with Crippen molar-refractivity contribution < 1.29 is 14.1 Å². The van der Waals surface area contributed by atoms with Gasteiger partial charge in [-0.05, 0) is 38.8 Å². The zero-order chi connectivity index (χ0) is 16.4. The Kier molecular flexibility index (Phi) is 4.43. The summed E-state index contributed by atoms with van der Waals surface area (Å²) in [7, 11) is 0. The van der Waals surface area contributed by atoms with Gasteiger partial charge in [-0.2, -0.15) is 0 Å². The third-order valence-electron chi connectivity index (χ3n) is 4.65. The first-order chi connectivity index (χ1) is 11.0. The molecule has 0 aliphatic carbocycles. The predicted octanol–water partition coefficient (Wildman–Crippen LogP) is 0.886. The molecule has 1 amide bonds. The molecular weight excluding hydrogens is 292 g/mol. The Bertz CT molecular complexity index is 697. The molecule has 1 unspecified atom stereocenters. The normalized spacial score (nSPS) is 22.7. The molecule has 1 aliphatic heterocycles. The highest BCUT2D eigenvalue weighted by atomic mass is 16.4. The Labute approximate surface area is 135 Å². The molecule has 0 saturated carbocycles. The van der Waals surface area contributed by atoms with Gasteiger partial charge in [0.25, 0.3) is 5.89 Å². The first-order valence-electron chi connectivity index (χ1n) is 8.09. The maximum absolute atomic E-state index is 11.4. The van der Waals surface area contributed by atoms with Gasteiger partial charge in [-0.25, -0.2) is 0 Å². The molecule has 1 aliphatic rings. The summed E-state index contributed by atoms with van der Waals surface area (Å²) in [5, 5.41) is 8.39. The number of aryl methyl sites for hydroxylation is 1. The van der Waals surface area contributed by atoms with Crippen LogP contribution in [0.5, 0.6) is 0 Å². The summed E-state index contributed by atoms with van der Waals surface area (Å²) in [5.74, 6) is 0.890. The molecule has 0 radical (unpaired) electrons. The van der Waals surface area contributed by atoms with Crippen molar-refractivity contribution in [2.75, 3.05) is 13.1 Å². The molecule has 0 bridgehead atoms. The van der Waals surface area contributed by atoms with Crippen LogP contribution in [0.2, 0.25) is 0 Å². The predicted molar refractivity (Wildman–Crippen MR) is 85.5 cm³/mol. The maximum atomic E-state index is 11.4. The fourth-order valence-electron chi connectivity index (χ4n) is 3.21. The van der Waals surface area contributed by atoms with Crippen LogP contribution in [0.3, 0.4) is 0 Å². The van der Waals surface area contributed by atoms with E-state index in [2.05, 4.69) is 17.1 Å². The topological polar surface area (TPSA) is 86.5 Å². The number of quaternary nitrogens is 1. The smallest absolute Gasteiger partial charge is 0.274 e. The van der Waals surface area contributed by atoms with Crippen molar-refractivity contribution in [1.29, 1.82) is 0 Å². The van der Waals surface area contributed by atoms with E-state index < -0.39 is 0 Å². The number of aromatic nitrogens is 2. The van der Waals surface area contributed by atoms with Gasteiger partial charge in [0.05, 0.1) is 19.0 Å². The molecule has 3 atom stereocenters. The average Bonchev–Trinajstić information content (AvgIpc) is 3.04. The number of piperidine rings is 1. The van der Waals surface area contributed by atoms with Crippen LogP contribution in [-0.4, -0.2) is 29.2 Å². The molecule has 122 valence electrons. The summed E-state index contributed by atoms with van der Waals surface area (Å²) in [6, 6.07) is 8.06. The van der Waals surface area contributed by atoms with Crippen molar-refractivity contribution in [2.45, 2.75) is 32.7 Å². The van der Waals surface area contributed by atoms with Gasteiger partial charge in [-0.15, -0.1) is 10.2 Å². The Morgan fingerprint density at radius 3 is 3.00 bits per heavy atom. The second-order valence-electron chi connectivity index (χ2n) is 6.39. The van der Waals surface area contributed by atoms with Gasteiger partial charge in [0.2, 0.25) is 11.8 Å². The fourth-order valence-corrected chi connectivity index (χ4v) is 3.21. The van der Waals surface area contributed by atoms with E-state index in [0.29, 0.717) is 11.8 Å². The summed E-state index contributed by atoms with van der Waals surface area (Å²) in [6.07, 6.45) is 1.87. The number of rotatable bonds is 4. The number of carbonyl (C=O) groups excluding carboxylic acids is 1. The Morgan fingerprint density at radius 2 is 2.26 bits per heavy atom. The third kappa shape index (κ3) is 3.42. The summed E-state index contributed by atoms with van der Waals surface area (Å²) >= 11 is 0. The van der Waals surface area contributed by atoms with E-state index in [1.54, 1.807) is 0 Å². The first kappa shape index (κ1) is 15.7. The van der Waals surface area contributed by atoms with Crippen LogP contribution in [0, 0.1) is 12.8 Å². The number of likely N-dealkylation sites (tertiary alicyclic amines) is 1. The van der Waals surface area contributed by atoms with E-state index in [0.717, 1.165) is 37.1 Å². The zero-order valence-electron chi connectivity index (χ0n) is 13.6. The second-order valence-corrected chi connectivity index (χ2v) is 6.39. The van der Waals surface area contributed by atoms with E-state index in [4.69, 9.17) is 10.2 Å². The van der Waals surface area contributed by atoms with E-state index in [9.17, 15) is 4.79 Å². The molecule has 1 aromatic heterocycles. The van der Waals surface area contributed by atoms with Crippen LogP contribution in [0.15, 0.2) is 28.7 Å². The Morgan fingerprint density at radius 1 is 1.43 bits per heavy atom. The number of nitrogens with zero attached hydrogens (tertiary/aromatic N) is 2. The lowest BCUT2D eigenvalue weighted by atomic mass is 9.96. The highest BCUT2D eigenvalue weighted by Gasteiger charge is 2.33. The van der Waals surface area contributed by atoms with Gasteiger partial charge in [0.15, 0.2) is 6.04 Å². The van der Waals surface area contributed by atoms with E-state index in [-0.39, 0.29) is 17.9 Å². The largest absolute Gasteiger partial charge is 0.415 e. The van der Waals surface area contributed by atoms with Crippen molar-refractivity contribution in [3.63, 3.8) is 0 Å². The molecule has 1 saturated heterocycles. The highest BCUT2D eigenvalue weighted by Crippen LogP contribution is 2.21. The Hall–Kier alpha value is -2.21. The monoisotopic (exact) mass is 315 g/mol. The lowest BCUT2D eigenvalue weighted by Gasteiger charge is -2.31. The molecule has 0 spiro atoms. The standard InChI is InChI=1S/C17H22N4O2/c1-11-5-3-6-13(9-11)17-20-19-16(23-17)12(2)21-8-4-7-14(10-21)15(18)22/h3,5-6,9,12,14H,4,7-8,10H2,1-2H3,(H2,18,22)/p+1/t12-,14-/m0/s1.